The van der Waals surface area contributed by atoms with Crippen LogP contribution in [0.3, 0.4) is 0 Å². The lowest BCUT2D eigenvalue weighted by molar-refractivity contribution is -0.137. The van der Waals surface area contributed by atoms with Gasteiger partial charge in [0.1, 0.15) is 18.5 Å². The molecule has 3 rings (SSSR count). The van der Waals surface area contributed by atoms with E-state index in [9.17, 15) is 23.1 Å². The molecule has 1 aliphatic heterocycles. The van der Waals surface area contributed by atoms with Gasteiger partial charge in [-0.05, 0) is 44.2 Å². The summed E-state index contributed by atoms with van der Waals surface area (Å²) in [6, 6.07) is 11.3. The second-order valence-electron chi connectivity index (χ2n) is 8.00. The number of nitrogens with one attached hydrogen (secondary N) is 2. The number of aliphatic hydroxyl groups is 1. The number of carbonyl (C=O) groups excluding carboxylic acids is 1. The summed E-state index contributed by atoms with van der Waals surface area (Å²) in [5.74, 6) is -0.0174. The standard InChI is InChI=1S/C23H28F3N3O4/c1-15-12-29(13-16(2)33-15)21-9-4-3-8-20(21)28-22(31)27-11-18(30)14-32-19-7-5-6-17(10-19)23(24,25)26/h3-10,15-16,18,30H,11-14H2,1-2H3,(H2,27,28,31). The SMILES string of the molecule is CC1CN(c2ccccc2NC(=O)NCC(O)COc2cccc(C(F)(F)F)c2)CC(C)O1. The number of halogens is 3. The first kappa shape index (κ1) is 24.7. The molecule has 7 nitrogen and oxygen atoms in total. The lowest BCUT2D eigenvalue weighted by atomic mass is 10.1. The molecule has 180 valence electrons. The molecule has 3 atom stereocenters. The number of carbonyl (C=O) groups is 1. The second kappa shape index (κ2) is 10.8. The molecule has 2 aromatic carbocycles. The number of morpholine rings is 1. The van der Waals surface area contributed by atoms with Gasteiger partial charge in [-0.2, -0.15) is 13.2 Å². The Morgan fingerprint density at radius 1 is 1.18 bits per heavy atom. The van der Waals surface area contributed by atoms with Gasteiger partial charge in [-0.15, -0.1) is 0 Å². The molecule has 1 aliphatic rings. The number of ether oxygens (including phenoxy) is 2. The Morgan fingerprint density at radius 2 is 1.88 bits per heavy atom. The van der Waals surface area contributed by atoms with E-state index < -0.39 is 23.9 Å². The van der Waals surface area contributed by atoms with Crippen LogP contribution in [-0.2, 0) is 10.9 Å². The number of hydrogen-bond acceptors (Lipinski definition) is 5. The molecule has 2 aromatic rings. The average Bonchev–Trinajstić information content (AvgIpc) is 2.75. The van der Waals surface area contributed by atoms with Gasteiger partial charge in [-0.1, -0.05) is 18.2 Å². The number of nitrogens with zero attached hydrogens (tertiary/aromatic N) is 1. The number of para-hydroxylation sites is 2. The lowest BCUT2D eigenvalue weighted by Crippen LogP contribution is -2.46. The molecule has 0 radical (unpaired) electrons. The number of amides is 2. The highest BCUT2D eigenvalue weighted by Crippen LogP contribution is 2.31. The molecule has 0 saturated carbocycles. The maximum atomic E-state index is 12.8. The Kier molecular flexibility index (Phi) is 8.04. The van der Waals surface area contributed by atoms with Gasteiger partial charge in [0.05, 0.1) is 29.1 Å². The summed E-state index contributed by atoms with van der Waals surface area (Å²) in [6.45, 7) is 4.95. The predicted molar refractivity (Wildman–Crippen MR) is 119 cm³/mol. The predicted octanol–water partition coefficient (Wildman–Crippen LogP) is 3.88. The molecule has 1 fully saturated rings. The molecule has 1 saturated heterocycles. The van der Waals surface area contributed by atoms with Crippen LogP contribution in [0.1, 0.15) is 19.4 Å². The summed E-state index contributed by atoms with van der Waals surface area (Å²) in [6.07, 6.45) is -5.47. The van der Waals surface area contributed by atoms with Crippen molar-refractivity contribution >= 4 is 17.4 Å². The van der Waals surface area contributed by atoms with Crippen LogP contribution in [0.15, 0.2) is 48.5 Å². The molecule has 10 heteroatoms. The average molecular weight is 467 g/mol. The molecule has 0 spiro atoms. The first-order valence-corrected chi connectivity index (χ1v) is 10.6. The summed E-state index contributed by atoms with van der Waals surface area (Å²) in [5, 5.41) is 15.4. The van der Waals surface area contributed by atoms with E-state index in [-0.39, 0.29) is 31.1 Å². The molecule has 3 unspecified atom stereocenters. The Morgan fingerprint density at radius 3 is 2.58 bits per heavy atom. The van der Waals surface area contributed by atoms with Crippen LogP contribution in [0, 0.1) is 0 Å². The highest BCUT2D eigenvalue weighted by atomic mass is 19.4. The summed E-state index contributed by atoms with van der Waals surface area (Å²) < 4.78 is 49.3. The lowest BCUT2D eigenvalue weighted by Gasteiger charge is -2.37. The van der Waals surface area contributed by atoms with Gasteiger partial charge >= 0.3 is 12.2 Å². The molecule has 0 bridgehead atoms. The van der Waals surface area contributed by atoms with E-state index in [1.165, 1.54) is 12.1 Å². The molecule has 33 heavy (non-hydrogen) atoms. The minimum atomic E-state index is -4.48. The number of aliphatic hydroxyl groups excluding tert-OH is 1. The minimum Gasteiger partial charge on any atom is -0.491 e. The first-order chi connectivity index (χ1) is 15.6. The summed E-state index contributed by atoms with van der Waals surface area (Å²) in [5.41, 5.74) is 0.642. The minimum absolute atomic E-state index is 0.0174. The fourth-order valence-electron chi connectivity index (χ4n) is 3.62. The highest BCUT2D eigenvalue weighted by molar-refractivity contribution is 5.93. The van der Waals surface area contributed by atoms with E-state index in [0.29, 0.717) is 18.8 Å². The van der Waals surface area contributed by atoms with Crippen molar-refractivity contribution in [1.82, 2.24) is 5.32 Å². The Labute approximate surface area is 190 Å². The van der Waals surface area contributed by atoms with Crippen LogP contribution < -0.4 is 20.3 Å². The maximum Gasteiger partial charge on any atom is 0.416 e. The van der Waals surface area contributed by atoms with Crippen LogP contribution >= 0.6 is 0 Å². The molecular formula is C23H28F3N3O4. The van der Waals surface area contributed by atoms with Gasteiger partial charge in [0.2, 0.25) is 0 Å². The van der Waals surface area contributed by atoms with E-state index in [2.05, 4.69) is 15.5 Å². The zero-order chi connectivity index (χ0) is 24.0. The zero-order valence-corrected chi connectivity index (χ0v) is 18.4. The number of benzene rings is 2. The van der Waals surface area contributed by atoms with Crippen LogP contribution in [0.2, 0.25) is 0 Å². The highest BCUT2D eigenvalue weighted by Gasteiger charge is 2.30. The van der Waals surface area contributed by atoms with Crippen LogP contribution in [-0.4, -0.2) is 55.7 Å². The van der Waals surface area contributed by atoms with Crippen LogP contribution in [0.4, 0.5) is 29.3 Å². The van der Waals surface area contributed by atoms with Crippen molar-refractivity contribution in [3.63, 3.8) is 0 Å². The quantitative estimate of drug-likeness (QED) is 0.576. The van der Waals surface area contributed by atoms with Crippen molar-refractivity contribution in [2.24, 2.45) is 0 Å². The second-order valence-corrected chi connectivity index (χ2v) is 8.00. The number of anilines is 2. The van der Waals surface area contributed by atoms with Gasteiger partial charge in [0.25, 0.3) is 0 Å². The Bertz CT molecular complexity index is 931. The van der Waals surface area contributed by atoms with Crippen molar-refractivity contribution in [1.29, 1.82) is 0 Å². The third-order valence-electron chi connectivity index (χ3n) is 5.01. The van der Waals surface area contributed by atoms with E-state index in [1.807, 2.05) is 32.0 Å². The molecule has 0 aliphatic carbocycles. The molecule has 2 amide bonds. The third kappa shape index (κ3) is 7.26. The first-order valence-electron chi connectivity index (χ1n) is 10.6. The smallest absolute Gasteiger partial charge is 0.416 e. The maximum absolute atomic E-state index is 12.8. The fraction of sp³-hybridized carbons (Fsp3) is 0.435. The summed E-state index contributed by atoms with van der Waals surface area (Å²) in [4.78, 5) is 14.5. The number of alkyl halides is 3. The summed E-state index contributed by atoms with van der Waals surface area (Å²) in [7, 11) is 0. The number of rotatable bonds is 7. The number of hydrogen-bond donors (Lipinski definition) is 3. The van der Waals surface area contributed by atoms with Gasteiger partial charge in [-0.3, -0.25) is 0 Å². The molecule has 0 aromatic heterocycles. The van der Waals surface area contributed by atoms with Crippen molar-refractivity contribution in [3.8, 4) is 5.75 Å². The molecular weight excluding hydrogens is 439 g/mol. The van der Waals surface area contributed by atoms with Gasteiger partial charge in [0.15, 0.2) is 0 Å². The Hall–Kier alpha value is -2.98. The molecule has 3 N–H and O–H groups in total. The van der Waals surface area contributed by atoms with Crippen LogP contribution in [0.25, 0.3) is 0 Å². The third-order valence-corrected chi connectivity index (χ3v) is 5.01. The van der Waals surface area contributed by atoms with Crippen LogP contribution in [0.5, 0.6) is 5.75 Å². The van der Waals surface area contributed by atoms with E-state index in [4.69, 9.17) is 9.47 Å². The topological polar surface area (TPSA) is 83.1 Å². The van der Waals surface area contributed by atoms with Gasteiger partial charge in [0, 0.05) is 19.6 Å². The van der Waals surface area contributed by atoms with E-state index in [1.54, 1.807) is 6.07 Å². The van der Waals surface area contributed by atoms with Gasteiger partial charge in [-0.25, -0.2) is 4.79 Å². The monoisotopic (exact) mass is 467 g/mol. The summed E-state index contributed by atoms with van der Waals surface area (Å²) >= 11 is 0. The fourth-order valence-corrected chi connectivity index (χ4v) is 3.62. The zero-order valence-electron chi connectivity index (χ0n) is 18.4. The number of urea groups is 1. The van der Waals surface area contributed by atoms with Gasteiger partial charge < -0.3 is 30.1 Å². The van der Waals surface area contributed by atoms with Crippen molar-refractivity contribution in [2.75, 3.05) is 36.5 Å². The van der Waals surface area contributed by atoms with Crippen molar-refractivity contribution in [3.05, 3.63) is 54.1 Å². The molecule has 1 heterocycles. The van der Waals surface area contributed by atoms with Crippen molar-refractivity contribution < 1.29 is 32.5 Å². The van der Waals surface area contributed by atoms with E-state index in [0.717, 1.165) is 17.8 Å². The Balaban J connectivity index is 1.50. The largest absolute Gasteiger partial charge is 0.491 e. The van der Waals surface area contributed by atoms with Crippen molar-refractivity contribution in [2.45, 2.75) is 38.3 Å². The normalized spacial score (nSPS) is 19.6. The van der Waals surface area contributed by atoms with E-state index >= 15 is 0 Å².